The van der Waals surface area contributed by atoms with Crippen molar-refractivity contribution in [3.63, 3.8) is 0 Å². The number of carboxylic acid groups (broad SMARTS) is 1. The van der Waals surface area contributed by atoms with Crippen molar-refractivity contribution >= 4 is 17.3 Å². The van der Waals surface area contributed by atoms with Crippen LogP contribution in [0.2, 0.25) is 0 Å². The monoisotopic (exact) mass is 234 g/mol. The first kappa shape index (κ1) is 11.8. The van der Waals surface area contributed by atoms with Crippen LogP contribution in [-0.2, 0) is 0 Å². The van der Waals surface area contributed by atoms with Gasteiger partial charge in [-0.2, -0.15) is 0 Å². The first-order valence-corrected chi connectivity index (χ1v) is 5.92. The van der Waals surface area contributed by atoms with Gasteiger partial charge in [-0.1, -0.05) is 6.42 Å². The van der Waals surface area contributed by atoms with Gasteiger partial charge in [0.25, 0.3) is 0 Å². The molecule has 0 atom stereocenters. The Morgan fingerprint density at radius 3 is 2.71 bits per heavy atom. The summed E-state index contributed by atoms with van der Waals surface area (Å²) in [6.45, 7) is 0.997. The zero-order valence-electron chi connectivity index (χ0n) is 10.0. The molecule has 1 aliphatic rings. The van der Waals surface area contributed by atoms with Crippen LogP contribution in [0.4, 0.5) is 11.4 Å². The van der Waals surface area contributed by atoms with E-state index in [4.69, 9.17) is 10.8 Å². The topological polar surface area (TPSA) is 66.6 Å². The van der Waals surface area contributed by atoms with Crippen LogP contribution in [0.1, 0.15) is 29.6 Å². The van der Waals surface area contributed by atoms with E-state index < -0.39 is 5.97 Å². The summed E-state index contributed by atoms with van der Waals surface area (Å²) >= 11 is 0. The molecule has 0 heterocycles. The van der Waals surface area contributed by atoms with Crippen molar-refractivity contribution in [2.45, 2.75) is 19.3 Å². The van der Waals surface area contributed by atoms with Gasteiger partial charge >= 0.3 is 5.97 Å². The Kier molecular flexibility index (Phi) is 3.22. The average molecular weight is 234 g/mol. The third-order valence-corrected chi connectivity index (χ3v) is 3.44. The molecule has 2 rings (SSSR count). The Morgan fingerprint density at radius 1 is 1.53 bits per heavy atom. The van der Waals surface area contributed by atoms with E-state index in [0.29, 0.717) is 5.69 Å². The summed E-state index contributed by atoms with van der Waals surface area (Å²) in [7, 11) is 2.00. The maximum absolute atomic E-state index is 10.8. The van der Waals surface area contributed by atoms with E-state index in [1.54, 1.807) is 12.1 Å². The normalized spacial score (nSPS) is 15.4. The van der Waals surface area contributed by atoms with Gasteiger partial charge in [0.05, 0.1) is 16.9 Å². The number of hydrogen-bond donors (Lipinski definition) is 2. The first-order valence-electron chi connectivity index (χ1n) is 5.92. The summed E-state index contributed by atoms with van der Waals surface area (Å²) in [4.78, 5) is 12.9. The lowest BCUT2D eigenvalue weighted by Crippen LogP contribution is -2.29. The molecule has 0 amide bonds. The Labute approximate surface area is 101 Å². The van der Waals surface area contributed by atoms with Crippen LogP contribution in [0.25, 0.3) is 0 Å². The molecule has 0 unspecified atom stereocenters. The van der Waals surface area contributed by atoms with Gasteiger partial charge in [-0.25, -0.2) is 4.79 Å². The van der Waals surface area contributed by atoms with E-state index in [2.05, 4.69) is 4.90 Å². The zero-order chi connectivity index (χ0) is 12.4. The minimum atomic E-state index is -0.940. The van der Waals surface area contributed by atoms with Gasteiger partial charge in [0.1, 0.15) is 0 Å². The Balaban J connectivity index is 2.11. The molecule has 1 fully saturated rings. The van der Waals surface area contributed by atoms with Crippen molar-refractivity contribution < 1.29 is 9.90 Å². The molecule has 0 radical (unpaired) electrons. The summed E-state index contributed by atoms with van der Waals surface area (Å²) < 4.78 is 0. The van der Waals surface area contributed by atoms with Crippen LogP contribution in [0.15, 0.2) is 18.2 Å². The smallest absolute Gasteiger partial charge is 0.335 e. The van der Waals surface area contributed by atoms with Gasteiger partial charge < -0.3 is 15.7 Å². The number of aromatic carboxylic acids is 1. The lowest BCUT2D eigenvalue weighted by Gasteiger charge is -2.31. The highest BCUT2D eigenvalue weighted by Gasteiger charge is 2.20. The molecule has 4 heteroatoms. The van der Waals surface area contributed by atoms with Crippen LogP contribution in [0.3, 0.4) is 0 Å². The molecule has 1 saturated carbocycles. The number of nitrogen functional groups attached to an aromatic ring is 1. The second-order valence-corrected chi connectivity index (χ2v) is 4.76. The summed E-state index contributed by atoms with van der Waals surface area (Å²) in [5.41, 5.74) is 7.58. The molecule has 0 aromatic heterocycles. The van der Waals surface area contributed by atoms with Crippen molar-refractivity contribution in [2.24, 2.45) is 5.92 Å². The van der Waals surface area contributed by atoms with E-state index >= 15 is 0 Å². The fourth-order valence-corrected chi connectivity index (χ4v) is 2.20. The molecule has 1 aromatic carbocycles. The third-order valence-electron chi connectivity index (χ3n) is 3.44. The van der Waals surface area contributed by atoms with Crippen LogP contribution < -0.4 is 10.6 Å². The van der Waals surface area contributed by atoms with Gasteiger partial charge in [-0.15, -0.1) is 0 Å². The fraction of sp³-hybridized carbons (Fsp3) is 0.462. The molecule has 0 spiro atoms. The molecule has 0 saturated heterocycles. The van der Waals surface area contributed by atoms with Crippen LogP contribution in [-0.4, -0.2) is 24.7 Å². The maximum Gasteiger partial charge on any atom is 0.335 e. The molecule has 0 aliphatic heterocycles. The van der Waals surface area contributed by atoms with Crippen LogP contribution >= 0.6 is 0 Å². The van der Waals surface area contributed by atoms with Gasteiger partial charge in [0.15, 0.2) is 0 Å². The Morgan fingerprint density at radius 2 is 2.24 bits per heavy atom. The SMILES string of the molecule is CN(CC1CCC1)c1ccc(C(=O)O)cc1N. The summed E-state index contributed by atoms with van der Waals surface area (Å²) in [5.74, 6) is -0.177. The number of nitrogens with two attached hydrogens (primary N) is 1. The second-order valence-electron chi connectivity index (χ2n) is 4.76. The molecular formula is C13H18N2O2. The number of hydrogen-bond acceptors (Lipinski definition) is 3. The molecular weight excluding hydrogens is 216 g/mol. The summed E-state index contributed by atoms with van der Waals surface area (Å²) in [6, 6.07) is 4.91. The predicted molar refractivity (Wildman–Crippen MR) is 68.4 cm³/mol. The van der Waals surface area contributed by atoms with E-state index in [1.165, 1.54) is 25.3 Å². The van der Waals surface area contributed by atoms with E-state index in [1.807, 2.05) is 7.05 Å². The number of benzene rings is 1. The fourth-order valence-electron chi connectivity index (χ4n) is 2.20. The minimum absolute atomic E-state index is 0.239. The molecule has 4 nitrogen and oxygen atoms in total. The van der Waals surface area contributed by atoms with Crippen molar-refractivity contribution in [2.75, 3.05) is 24.2 Å². The van der Waals surface area contributed by atoms with Gasteiger partial charge in [0, 0.05) is 13.6 Å². The molecule has 1 aromatic rings. The number of rotatable bonds is 4. The van der Waals surface area contributed by atoms with E-state index in [9.17, 15) is 4.79 Å². The standard InChI is InChI=1S/C13H18N2O2/c1-15(8-9-3-2-4-9)12-6-5-10(13(16)17)7-11(12)14/h5-7,9H,2-4,8,14H2,1H3,(H,16,17). The third kappa shape index (κ3) is 2.52. The highest BCUT2D eigenvalue weighted by Crippen LogP contribution is 2.30. The van der Waals surface area contributed by atoms with Crippen molar-refractivity contribution in [3.8, 4) is 0 Å². The first-order chi connectivity index (χ1) is 8.08. The highest BCUT2D eigenvalue weighted by atomic mass is 16.4. The van der Waals surface area contributed by atoms with Gasteiger partial charge in [-0.05, 0) is 37.0 Å². The van der Waals surface area contributed by atoms with Crippen LogP contribution in [0, 0.1) is 5.92 Å². The quantitative estimate of drug-likeness (QED) is 0.784. The summed E-state index contributed by atoms with van der Waals surface area (Å²) in [5, 5.41) is 8.86. The highest BCUT2D eigenvalue weighted by molar-refractivity contribution is 5.90. The number of carbonyl (C=O) groups is 1. The van der Waals surface area contributed by atoms with E-state index in [-0.39, 0.29) is 5.56 Å². The number of anilines is 2. The van der Waals surface area contributed by atoms with Crippen molar-refractivity contribution in [1.82, 2.24) is 0 Å². The lowest BCUT2D eigenvalue weighted by molar-refractivity contribution is 0.0697. The predicted octanol–water partition coefficient (Wildman–Crippen LogP) is 2.20. The zero-order valence-corrected chi connectivity index (χ0v) is 10.0. The van der Waals surface area contributed by atoms with Crippen LogP contribution in [0.5, 0.6) is 0 Å². The van der Waals surface area contributed by atoms with Gasteiger partial charge in [-0.3, -0.25) is 0 Å². The van der Waals surface area contributed by atoms with Crippen molar-refractivity contribution in [3.05, 3.63) is 23.8 Å². The molecule has 0 bridgehead atoms. The molecule has 3 N–H and O–H groups in total. The molecule has 1 aliphatic carbocycles. The number of nitrogens with zero attached hydrogens (tertiary/aromatic N) is 1. The largest absolute Gasteiger partial charge is 0.478 e. The average Bonchev–Trinajstić information content (AvgIpc) is 2.22. The maximum atomic E-state index is 10.8. The second kappa shape index (κ2) is 4.65. The molecule has 92 valence electrons. The minimum Gasteiger partial charge on any atom is -0.478 e. The molecule has 17 heavy (non-hydrogen) atoms. The Hall–Kier alpha value is -1.71. The summed E-state index contributed by atoms with van der Waals surface area (Å²) in [6.07, 6.45) is 3.90. The van der Waals surface area contributed by atoms with E-state index in [0.717, 1.165) is 18.2 Å². The Bertz CT molecular complexity index is 427. The van der Waals surface area contributed by atoms with Gasteiger partial charge in [0.2, 0.25) is 0 Å². The lowest BCUT2D eigenvalue weighted by atomic mass is 9.85. The number of carboxylic acids is 1. The van der Waals surface area contributed by atoms with Crippen molar-refractivity contribution in [1.29, 1.82) is 0 Å².